The van der Waals surface area contributed by atoms with Crippen molar-refractivity contribution in [3.05, 3.63) is 89.7 Å². The molecule has 0 unspecified atom stereocenters. The highest BCUT2D eigenvalue weighted by Crippen LogP contribution is 2.31. The van der Waals surface area contributed by atoms with Crippen LogP contribution in [0.15, 0.2) is 72.8 Å². The molecule has 0 aliphatic carbocycles. The van der Waals surface area contributed by atoms with Crippen molar-refractivity contribution in [3.8, 4) is 23.1 Å². The summed E-state index contributed by atoms with van der Waals surface area (Å²) >= 11 is 0. The second-order valence-electron chi connectivity index (χ2n) is 7.76. The van der Waals surface area contributed by atoms with Crippen LogP contribution in [-0.2, 0) is 10.9 Å². The largest absolute Gasteiger partial charge is 0.460 e. The minimum Gasteiger partial charge on any atom is -0.460 e. The number of nitrogens with one attached hydrogen (secondary N) is 1. The van der Waals surface area contributed by atoms with Crippen LogP contribution < -0.4 is 10.1 Å². The molecule has 0 aliphatic rings. The van der Waals surface area contributed by atoms with E-state index in [1.807, 2.05) is 6.92 Å². The summed E-state index contributed by atoms with van der Waals surface area (Å²) < 4.78 is 64.7. The summed E-state index contributed by atoms with van der Waals surface area (Å²) in [6.45, 7) is 2.87. The Morgan fingerprint density at radius 1 is 1.00 bits per heavy atom. The topological polar surface area (TPSA) is 78.3 Å². The molecule has 1 amide bonds. The van der Waals surface area contributed by atoms with Crippen LogP contribution >= 0.6 is 0 Å². The Hall–Kier alpha value is -4.25. The Morgan fingerprint density at radius 3 is 2.38 bits per heavy atom. The number of nitrogens with zero attached hydrogens (tertiary/aromatic N) is 3. The maximum atomic E-state index is 13.4. The van der Waals surface area contributed by atoms with Crippen LogP contribution in [0, 0.1) is 5.82 Å². The zero-order valence-corrected chi connectivity index (χ0v) is 19.6. The molecule has 0 bridgehead atoms. The number of amides is 1. The maximum absolute atomic E-state index is 13.4. The fraction of sp³-hybridized carbons (Fsp3) is 0.192. The van der Waals surface area contributed by atoms with E-state index in [4.69, 9.17) is 9.47 Å². The minimum atomic E-state index is -4.47. The molecule has 1 N–H and O–H groups in total. The number of halogens is 4. The van der Waals surface area contributed by atoms with Gasteiger partial charge in [-0.3, -0.25) is 4.79 Å². The lowest BCUT2D eigenvalue weighted by atomic mass is 10.1. The normalized spacial score (nSPS) is 11.4. The lowest BCUT2D eigenvalue weighted by Gasteiger charge is -2.10. The average Bonchev–Trinajstić information content (AvgIpc) is 3.31. The summed E-state index contributed by atoms with van der Waals surface area (Å²) in [4.78, 5) is 16.7. The molecule has 0 saturated carbocycles. The third-order valence-electron chi connectivity index (χ3n) is 5.18. The Balaban J connectivity index is 1.60. The standard InChI is InChI=1S/C26H22F4N4O3/c1-2-36-14-15-37-25-32-23(17-6-8-19(9-7-17)26(28,29)30)34(33-25)22-12-10-21(11-13-22)31-24(35)18-4-3-5-20(27)16-18/h3-13,16H,2,14-15H2,1H3,(H,31,35). The van der Waals surface area contributed by atoms with Gasteiger partial charge in [0.05, 0.1) is 17.9 Å². The second kappa shape index (κ2) is 11.2. The van der Waals surface area contributed by atoms with Crippen LogP contribution in [0.2, 0.25) is 0 Å². The quantitative estimate of drug-likeness (QED) is 0.227. The van der Waals surface area contributed by atoms with Gasteiger partial charge >= 0.3 is 12.2 Å². The first-order valence-corrected chi connectivity index (χ1v) is 11.3. The number of anilines is 1. The molecule has 0 saturated heterocycles. The second-order valence-corrected chi connectivity index (χ2v) is 7.76. The molecule has 0 atom stereocenters. The highest BCUT2D eigenvalue weighted by atomic mass is 19.4. The van der Waals surface area contributed by atoms with Crippen molar-refractivity contribution in [2.24, 2.45) is 0 Å². The number of benzene rings is 3. The lowest BCUT2D eigenvalue weighted by Crippen LogP contribution is -2.12. The highest BCUT2D eigenvalue weighted by Gasteiger charge is 2.30. The molecule has 0 aliphatic heterocycles. The Bertz CT molecular complexity index is 1350. The number of alkyl halides is 3. The summed E-state index contributed by atoms with van der Waals surface area (Å²) in [5, 5.41) is 7.03. The van der Waals surface area contributed by atoms with Gasteiger partial charge in [0.25, 0.3) is 5.91 Å². The molecular formula is C26H22F4N4O3. The number of aromatic nitrogens is 3. The molecule has 1 heterocycles. The van der Waals surface area contributed by atoms with E-state index in [-0.39, 0.29) is 24.0 Å². The SMILES string of the molecule is CCOCCOc1nc(-c2ccc(C(F)(F)F)cc2)n(-c2ccc(NC(=O)c3cccc(F)c3)cc2)n1. The summed E-state index contributed by atoms with van der Waals surface area (Å²) in [6, 6.07) is 16.4. The highest BCUT2D eigenvalue weighted by molar-refractivity contribution is 6.04. The summed E-state index contributed by atoms with van der Waals surface area (Å²) in [7, 11) is 0. The van der Waals surface area contributed by atoms with Crippen molar-refractivity contribution in [1.82, 2.24) is 14.8 Å². The van der Waals surface area contributed by atoms with Crippen molar-refractivity contribution in [2.75, 3.05) is 25.1 Å². The van der Waals surface area contributed by atoms with Gasteiger partial charge in [0, 0.05) is 23.4 Å². The molecule has 4 aromatic rings. The third kappa shape index (κ3) is 6.50. The third-order valence-corrected chi connectivity index (χ3v) is 5.18. The Kier molecular flexibility index (Phi) is 7.83. The zero-order chi connectivity index (χ0) is 26.4. The van der Waals surface area contributed by atoms with E-state index in [0.29, 0.717) is 30.2 Å². The van der Waals surface area contributed by atoms with Gasteiger partial charge in [0.15, 0.2) is 5.82 Å². The smallest absolute Gasteiger partial charge is 0.416 e. The molecular weight excluding hydrogens is 492 g/mol. The average molecular weight is 514 g/mol. The van der Waals surface area contributed by atoms with Crippen LogP contribution in [-0.4, -0.2) is 40.5 Å². The van der Waals surface area contributed by atoms with Crippen molar-refractivity contribution >= 4 is 11.6 Å². The van der Waals surface area contributed by atoms with Gasteiger partial charge in [-0.25, -0.2) is 9.07 Å². The number of carbonyl (C=O) groups is 1. The van der Waals surface area contributed by atoms with E-state index in [1.54, 1.807) is 24.3 Å². The van der Waals surface area contributed by atoms with Gasteiger partial charge in [-0.05, 0) is 61.5 Å². The zero-order valence-electron chi connectivity index (χ0n) is 19.6. The molecule has 37 heavy (non-hydrogen) atoms. The van der Waals surface area contributed by atoms with Crippen LogP contribution in [0.3, 0.4) is 0 Å². The van der Waals surface area contributed by atoms with Crippen LogP contribution in [0.4, 0.5) is 23.2 Å². The molecule has 3 aromatic carbocycles. The van der Waals surface area contributed by atoms with Crippen molar-refractivity contribution in [3.63, 3.8) is 0 Å². The van der Waals surface area contributed by atoms with E-state index in [2.05, 4.69) is 15.4 Å². The molecule has 192 valence electrons. The van der Waals surface area contributed by atoms with E-state index in [1.165, 1.54) is 35.0 Å². The minimum absolute atomic E-state index is 0.0260. The van der Waals surface area contributed by atoms with E-state index >= 15 is 0 Å². The first kappa shape index (κ1) is 25.8. The number of ether oxygens (including phenoxy) is 2. The maximum Gasteiger partial charge on any atom is 0.416 e. The van der Waals surface area contributed by atoms with Crippen molar-refractivity contribution in [2.45, 2.75) is 13.1 Å². The number of hydrogen-bond donors (Lipinski definition) is 1. The first-order valence-electron chi connectivity index (χ1n) is 11.3. The Morgan fingerprint density at radius 2 is 1.73 bits per heavy atom. The van der Waals surface area contributed by atoms with Crippen LogP contribution in [0.5, 0.6) is 6.01 Å². The molecule has 0 spiro atoms. The summed E-state index contributed by atoms with van der Waals surface area (Å²) in [5.41, 5.74) is 0.740. The fourth-order valence-electron chi connectivity index (χ4n) is 3.38. The van der Waals surface area contributed by atoms with Crippen molar-refractivity contribution < 1.29 is 31.8 Å². The van der Waals surface area contributed by atoms with Crippen LogP contribution in [0.25, 0.3) is 17.1 Å². The Labute approximate surface area is 209 Å². The van der Waals surface area contributed by atoms with Crippen LogP contribution in [0.1, 0.15) is 22.8 Å². The molecule has 11 heteroatoms. The van der Waals surface area contributed by atoms with Gasteiger partial charge in [0.1, 0.15) is 12.4 Å². The van der Waals surface area contributed by atoms with Crippen molar-refractivity contribution in [1.29, 1.82) is 0 Å². The van der Waals surface area contributed by atoms with E-state index < -0.39 is 23.5 Å². The predicted octanol–water partition coefficient (Wildman–Crippen LogP) is 5.76. The lowest BCUT2D eigenvalue weighted by molar-refractivity contribution is -0.137. The molecule has 0 fully saturated rings. The summed E-state index contributed by atoms with van der Waals surface area (Å²) in [5.74, 6) is -0.746. The fourth-order valence-corrected chi connectivity index (χ4v) is 3.38. The summed E-state index contributed by atoms with van der Waals surface area (Å²) in [6.07, 6.45) is -4.47. The monoisotopic (exact) mass is 514 g/mol. The molecule has 7 nitrogen and oxygen atoms in total. The van der Waals surface area contributed by atoms with Gasteiger partial charge in [-0.15, -0.1) is 5.10 Å². The predicted molar refractivity (Wildman–Crippen MR) is 128 cm³/mol. The van der Waals surface area contributed by atoms with E-state index in [9.17, 15) is 22.4 Å². The first-order chi connectivity index (χ1) is 17.7. The van der Waals surface area contributed by atoms with Gasteiger partial charge in [0.2, 0.25) is 0 Å². The van der Waals surface area contributed by atoms with Gasteiger partial charge < -0.3 is 14.8 Å². The number of hydrogen-bond acceptors (Lipinski definition) is 5. The molecule has 4 rings (SSSR count). The molecule has 0 radical (unpaired) electrons. The number of carbonyl (C=O) groups excluding carboxylic acids is 1. The number of rotatable bonds is 9. The van der Waals surface area contributed by atoms with Gasteiger partial charge in [-0.1, -0.05) is 18.2 Å². The van der Waals surface area contributed by atoms with E-state index in [0.717, 1.165) is 18.2 Å². The van der Waals surface area contributed by atoms with Gasteiger partial charge in [-0.2, -0.15) is 18.2 Å². The molecule has 1 aromatic heterocycles.